The van der Waals surface area contributed by atoms with Crippen molar-refractivity contribution >= 4 is 0 Å². The van der Waals surface area contributed by atoms with Gasteiger partial charge in [-0.25, -0.2) is 0 Å². The number of pyridine rings is 1. The number of aliphatic hydroxyl groups is 1. The van der Waals surface area contributed by atoms with E-state index in [-0.39, 0.29) is 12.6 Å². The molecule has 0 aliphatic heterocycles. The van der Waals surface area contributed by atoms with Crippen molar-refractivity contribution in [3.63, 3.8) is 0 Å². The van der Waals surface area contributed by atoms with Crippen molar-refractivity contribution < 1.29 is 5.11 Å². The fourth-order valence-electron chi connectivity index (χ4n) is 1.06. The molecule has 0 aromatic carbocycles. The Morgan fingerprint density at radius 3 is 2.92 bits per heavy atom. The minimum Gasteiger partial charge on any atom is -0.396 e. The minimum absolute atomic E-state index is 0.108. The van der Waals surface area contributed by atoms with Gasteiger partial charge in [0.2, 0.25) is 0 Å². The van der Waals surface area contributed by atoms with Crippen LogP contribution in [0.15, 0.2) is 18.2 Å². The molecule has 66 valence electrons. The summed E-state index contributed by atoms with van der Waals surface area (Å²) in [6.07, 6.45) is 0.566. The van der Waals surface area contributed by atoms with Gasteiger partial charge >= 0.3 is 0 Å². The van der Waals surface area contributed by atoms with Crippen LogP contribution in [0.5, 0.6) is 0 Å². The van der Waals surface area contributed by atoms with E-state index in [1.54, 1.807) is 0 Å². The first-order valence-electron chi connectivity index (χ1n) is 4.04. The highest BCUT2D eigenvalue weighted by atomic mass is 16.3. The molecule has 1 rings (SSSR count). The molecule has 0 saturated carbocycles. The van der Waals surface area contributed by atoms with Crippen LogP contribution in [-0.4, -0.2) is 16.7 Å². The number of aryl methyl sites for hydroxylation is 1. The van der Waals surface area contributed by atoms with Gasteiger partial charge in [0.05, 0.1) is 5.69 Å². The number of hydrogen-bond donors (Lipinski definition) is 2. The number of aliphatic hydroxyl groups excluding tert-OH is 1. The SMILES string of the molecule is Cc1cccc(C(N)CCO)n1. The van der Waals surface area contributed by atoms with E-state index in [1.165, 1.54) is 0 Å². The Bertz CT molecular complexity index is 250. The summed E-state index contributed by atoms with van der Waals surface area (Å²) < 4.78 is 0. The highest BCUT2D eigenvalue weighted by Crippen LogP contribution is 2.10. The van der Waals surface area contributed by atoms with Gasteiger partial charge in [-0.2, -0.15) is 0 Å². The zero-order valence-electron chi connectivity index (χ0n) is 7.20. The number of hydrogen-bond acceptors (Lipinski definition) is 3. The van der Waals surface area contributed by atoms with E-state index in [2.05, 4.69) is 4.98 Å². The molecule has 3 N–H and O–H groups in total. The van der Waals surface area contributed by atoms with Crippen LogP contribution in [0.4, 0.5) is 0 Å². The molecule has 0 amide bonds. The van der Waals surface area contributed by atoms with Gasteiger partial charge in [-0.1, -0.05) is 6.07 Å². The molecule has 0 spiro atoms. The van der Waals surface area contributed by atoms with Crippen molar-refractivity contribution in [3.05, 3.63) is 29.6 Å². The lowest BCUT2D eigenvalue weighted by molar-refractivity contribution is 0.275. The second-order valence-corrected chi connectivity index (χ2v) is 2.82. The molecule has 1 heterocycles. The Hall–Kier alpha value is -0.930. The predicted molar refractivity (Wildman–Crippen MR) is 47.6 cm³/mol. The number of aromatic nitrogens is 1. The Kier molecular flexibility index (Phi) is 3.19. The van der Waals surface area contributed by atoms with Gasteiger partial charge < -0.3 is 10.8 Å². The van der Waals surface area contributed by atoms with Gasteiger partial charge in [-0.05, 0) is 25.5 Å². The second kappa shape index (κ2) is 4.18. The maximum Gasteiger partial charge on any atom is 0.0575 e. The largest absolute Gasteiger partial charge is 0.396 e. The first kappa shape index (κ1) is 9.16. The summed E-state index contributed by atoms with van der Waals surface area (Å²) in [5.41, 5.74) is 7.56. The topological polar surface area (TPSA) is 59.1 Å². The van der Waals surface area contributed by atoms with E-state index in [0.29, 0.717) is 6.42 Å². The lowest BCUT2D eigenvalue weighted by atomic mass is 10.1. The van der Waals surface area contributed by atoms with Crippen LogP contribution in [0.2, 0.25) is 0 Å². The third-order valence-electron chi connectivity index (χ3n) is 1.73. The fraction of sp³-hybridized carbons (Fsp3) is 0.444. The number of nitrogens with zero attached hydrogens (tertiary/aromatic N) is 1. The lowest BCUT2D eigenvalue weighted by Crippen LogP contribution is -2.13. The molecule has 1 aromatic rings. The third-order valence-corrected chi connectivity index (χ3v) is 1.73. The first-order valence-corrected chi connectivity index (χ1v) is 4.04. The molecule has 1 atom stereocenters. The molecule has 3 heteroatoms. The van der Waals surface area contributed by atoms with Crippen molar-refractivity contribution in [2.75, 3.05) is 6.61 Å². The zero-order chi connectivity index (χ0) is 8.97. The van der Waals surface area contributed by atoms with Gasteiger partial charge in [-0.15, -0.1) is 0 Å². The average molecular weight is 166 g/mol. The van der Waals surface area contributed by atoms with Crippen molar-refractivity contribution in [1.29, 1.82) is 0 Å². The summed E-state index contributed by atoms with van der Waals surface area (Å²) in [6, 6.07) is 5.59. The Morgan fingerprint density at radius 2 is 2.33 bits per heavy atom. The van der Waals surface area contributed by atoms with Gasteiger partial charge in [0, 0.05) is 18.3 Å². The third kappa shape index (κ3) is 2.29. The molecule has 1 unspecified atom stereocenters. The predicted octanol–water partition coefficient (Wildman–Crippen LogP) is 0.772. The van der Waals surface area contributed by atoms with E-state index in [1.807, 2.05) is 25.1 Å². The fourth-order valence-corrected chi connectivity index (χ4v) is 1.06. The maximum absolute atomic E-state index is 8.66. The molecule has 0 fully saturated rings. The standard InChI is InChI=1S/C9H14N2O/c1-7-3-2-4-9(11-7)8(10)5-6-12/h2-4,8,12H,5-6,10H2,1H3. The zero-order valence-corrected chi connectivity index (χ0v) is 7.20. The van der Waals surface area contributed by atoms with Crippen molar-refractivity contribution in [2.45, 2.75) is 19.4 Å². The monoisotopic (exact) mass is 166 g/mol. The number of rotatable bonds is 3. The van der Waals surface area contributed by atoms with Crippen LogP contribution in [-0.2, 0) is 0 Å². The second-order valence-electron chi connectivity index (χ2n) is 2.82. The van der Waals surface area contributed by atoms with Crippen molar-refractivity contribution in [2.24, 2.45) is 5.73 Å². The van der Waals surface area contributed by atoms with Crippen LogP contribution < -0.4 is 5.73 Å². The van der Waals surface area contributed by atoms with Gasteiger partial charge in [0.1, 0.15) is 0 Å². The summed E-state index contributed by atoms with van der Waals surface area (Å²) >= 11 is 0. The molecule has 0 aliphatic carbocycles. The van der Waals surface area contributed by atoms with E-state index in [9.17, 15) is 0 Å². The summed E-state index contributed by atoms with van der Waals surface area (Å²) in [6.45, 7) is 2.03. The summed E-state index contributed by atoms with van der Waals surface area (Å²) in [5, 5.41) is 8.66. The minimum atomic E-state index is -0.144. The Labute approximate surface area is 72.2 Å². The Balaban J connectivity index is 2.73. The van der Waals surface area contributed by atoms with Gasteiger partial charge in [0.25, 0.3) is 0 Å². The van der Waals surface area contributed by atoms with Crippen molar-refractivity contribution in [3.8, 4) is 0 Å². The molecular weight excluding hydrogens is 152 g/mol. The molecule has 0 bridgehead atoms. The lowest BCUT2D eigenvalue weighted by Gasteiger charge is -2.08. The molecule has 0 saturated heterocycles. The van der Waals surface area contributed by atoms with Gasteiger partial charge in [-0.3, -0.25) is 4.98 Å². The molecule has 12 heavy (non-hydrogen) atoms. The highest BCUT2D eigenvalue weighted by Gasteiger charge is 2.05. The van der Waals surface area contributed by atoms with Crippen LogP contribution in [0, 0.1) is 6.92 Å². The number of nitrogens with two attached hydrogens (primary N) is 1. The smallest absolute Gasteiger partial charge is 0.0575 e. The molecular formula is C9H14N2O. The van der Waals surface area contributed by atoms with E-state index >= 15 is 0 Å². The maximum atomic E-state index is 8.66. The molecule has 0 aliphatic rings. The molecule has 3 nitrogen and oxygen atoms in total. The van der Waals surface area contributed by atoms with Crippen LogP contribution in [0.25, 0.3) is 0 Å². The van der Waals surface area contributed by atoms with Gasteiger partial charge in [0.15, 0.2) is 0 Å². The van der Waals surface area contributed by atoms with Crippen LogP contribution >= 0.6 is 0 Å². The van der Waals surface area contributed by atoms with E-state index < -0.39 is 0 Å². The molecule has 0 radical (unpaired) electrons. The summed E-state index contributed by atoms with van der Waals surface area (Å²) in [5.74, 6) is 0. The van der Waals surface area contributed by atoms with E-state index in [0.717, 1.165) is 11.4 Å². The normalized spacial score (nSPS) is 12.9. The van der Waals surface area contributed by atoms with Crippen LogP contribution in [0.3, 0.4) is 0 Å². The summed E-state index contributed by atoms with van der Waals surface area (Å²) in [7, 11) is 0. The highest BCUT2D eigenvalue weighted by molar-refractivity contribution is 5.12. The average Bonchev–Trinajstić information content (AvgIpc) is 2.05. The molecule has 1 aromatic heterocycles. The van der Waals surface area contributed by atoms with Crippen LogP contribution in [0.1, 0.15) is 23.9 Å². The van der Waals surface area contributed by atoms with Crippen molar-refractivity contribution in [1.82, 2.24) is 4.98 Å². The Morgan fingerprint density at radius 1 is 1.58 bits per heavy atom. The van der Waals surface area contributed by atoms with E-state index in [4.69, 9.17) is 10.8 Å². The summed E-state index contributed by atoms with van der Waals surface area (Å²) in [4.78, 5) is 4.26. The quantitative estimate of drug-likeness (QED) is 0.697. The first-order chi connectivity index (χ1) is 5.74.